The molecule has 0 spiro atoms. The van der Waals surface area contributed by atoms with Gasteiger partial charge in [0.25, 0.3) is 5.91 Å². The van der Waals surface area contributed by atoms with Crippen LogP contribution in [0.2, 0.25) is 0 Å². The van der Waals surface area contributed by atoms with Gasteiger partial charge in [0.15, 0.2) is 0 Å². The fourth-order valence-electron chi connectivity index (χ4n) is 1.70. The van der Waals surface area contributed by atoms with Gasteiger partial charge in [0.1, 0.15) is 11.5 Å². The predicted octanol–water partition coefficient (Wildman–Crippen LogP) is 1.63. The number of nitrogen functional groups attached to an aromatic ring is 1. The van der Waals surface area contributed by atoms with Gasteiger partial charge in [-0.15, -0.1) is 0 Å². The average Bonchev–Trinajstić information content (AvgIpc) is 2.37. The van der Waals surface area contributed by atoms with Crippen LogP contribution in [0.15, 0.2) is 30.5 Å². The molecule has 0 aliphatic carbocycles. The Morgan fingerprint density at radius 3 is 2.63 bits per heavy atom. The summed E-state index contributed by atoms with van der Waals surface area (Å²) in [6.45, 7) is 3.83. The number of nitrogens with two attached hydrogens (primary N) is 1. The maximum atomic E-state index is 12.0. The molecule has 0 aliphatic heterocycles. The zero-order valence-corrected chi connectivity index (χ0v) is 10.8. The normalized spacial score (nSPS) is 10.1. The molecule has 2 rings (SSSR count). The minimum atomic E-state index is -0.305. The summed E-state index contributed by atoms with van der Waals surface area (Å²) in [5.74, 6) is 5.45. The molecule has 2 aromatic heterocycles. The molecule has 0 unspecified atom stereocenters. The zero-order valence-electron chi connectivity index (χ0n) is 10.8. The number of carbonyl (C=O) groups excluding carboxylic acids is 1. The molecular formula is C13H15N5O. The first-order valence-corrected chi connectivity index (χ1v) is 5.78. The SMILES string of the molecule is Cc1cc(C)nc(NC(=O)c2ccc(NN)cn2)c1. The van der Waals surface area contributed by atoms with Crippen LogP contribution in [0, 0.1) is 13.8 Å². The van der Waals surface area contributed by atoms with Gasteiger partial charge >= 0.3 is 0 Å². The van der Waals surface area contributed by atoms with Crippen molar-refractivity contribution in [2.75, 3.05) is 10.7 Å². The fourth-order valence-corrected chi connectivity index (χ4v) is 1.70. The number of anilines is 2. The largest absolute Gasteiger partial charge is 0.323 e. The highest BCUT2D eigenvalue weighted by atomic mass is 16.1. The Bertz CT molecular complexity index is 574. The molecule has 19 heavy (non-hydrogen) atoms. The van der Waals surface area contributed by atoms with Crippen LogP contribution in [0.4, 0.5) is 11.5 Å². The summed E-state index contributed by atoms with van der Waals surface area (Å²) in [6, 6.07) is 7.01. The lowest BCUT2D eigenvalue weighted by Gasteiger charge is -2.06. The van der Waals surface area contributed by atoms with E-state index in [1.807, 2.05) is 19.9 Å². The first kappa shape index (κ1) is 13.0. The molecule has 0 saturated carbocycles. The zero-order chi connectivity index (χ0) is 13.8. The van der Waals surface area contributed by atoms with Gasteiger partial charge in [-0.25, -0.2) is 9.97 Å². The molecule has 0 atom stereocenters. The highest BCUT2D eigenvalue weighted by molar-refractivity contribution is 6.02. The molecule has 0 radical (unpaired) electrons. The molecule has 6 heteroatoms. The summed E-state index contributed by atoms with van der Waals surface area (Å²) in [7, 11) is 0. The third kappa shape index (κ3) is 3.26. The Morgan fingerprint density at radius 2 is 2.05 bits per heavy atom. The number of nitrogens with one attached hydrogen (secondary N) is 2. The Hall–Kier alpha value is -2.47. The van der Waals surface area contributed by atoms with Crippen LogP contribution in [-0.2, 0) is 0 Å². The third-order valence-corrected chi connectivity index (χ3v) is 2.50. The van der Waals surface area contributed by atoms with E-state index >= 15 is 0 Å². The third-order valence-electron chi connectivity index (χ3n) is 2.50. The second-order valence-electron chi connectivity index (χ2n) is 4.20. The van der Waals surface area contributed by atoms with E-state index in [2.05, 4.69) is 20.7 Å². The van der Waals surface area contributed by atoms with Gasteiger partial charge in [-0.2, -0.15) is 0 Å². The lowest BCUT2D eigenvalue weighted by atomic mass is 10.2. The number of hydrazine groups is 1. The van der Waals surface area contributed by atoms with E-state index in [1.165, 1.54) is 6.20 Å². The Morgan fingerprint density at radius 1 is 1.26 bits per heavy atom. The highest BCUT2D eigenvalue weighted by Gasteiger charge is 2.08. The van der Waals surface area contributed by atoms with Crippen molar-refractivity contribution in [2.24, 2.45) is 5.84 Å². The van der Waals surface area contributed by atoms with Gasteiger partial charge in [-0.1, -0.05) is 0 Å². The van der Waals surface area contributed by atoms with Gasteiger partial charge < -0.3 is 10.7 Å². The minimum absolute atomic E-state index is 0.305. The summed E-state index contributed by atoms with van der Waals surface area (Å²) in [4.78, 5) is 20.2. The van der Waals surface area contributed by atoms with Crippen molar-refractivity contribution in [1.82, 2.24) is 9.97 Å². The Balaban J connectivity index is 2.15. The van der Waals surface area contributed by atoms with Crippen molar-refractivity contribution in [2.45, 2.75) is 13.8 Å². The molecule has 98 valence electrons. The number of rotatable bonds is 3. The number of nitrogens with zero attached hydrogens (tertiary/aromatic N) is 2. The number of hydrogen-bond donors (Lipinski definition) is 3. The Labute approximate surface area is 111 Å². The monoisotopic (exact) mass is 257 g/mol. The molecule has 6 nitrogen and oxygen atoms in total. The summed E-state index contributed by atoms with van der Waals surface area (Å²) in [5.41, 5.74) is 5.29. The van der Waals surface area contributed by atoms with Crippen LogP contribution < -0.4 is 16.6 Å². The second-order valence-corrected chi connectivity index (χ2v) is 4.20. The van der Waals surface area contributed by atoms with Gasteiger partial charge in [0.05, 0.1) is 11.9 Å². The minimum Gasteiger partial charge on any atom is -0.323 e. The average molecular weight is 257 g/mol. The van der Waals surface area contributed by atoms with Crippen LogP contribution in [0.5, 0.6) is 0 Å². The van der Waals surface area contributed by atoms with Gasteiger partial charge in [0, 0.05) is 5.69 Å². The smallest absolute Gasteiger partial charge is 0.275 e. The first-order valence-electron chi connectivity index (χ1n) is 5.78. The lowest BCUT2D eigenvalue weighted by Crippen LogP contribution is -2.15. The van der Waals surface area contributed by atoms with Crippen LogP contribution in [0.1, 0.15) is 21.7 Å². The molecule has 2 aromatic rings. The quantitative estimate of drug-likeness (QED) is 0.574. The van der Waals surface area contributed by atoms with Crippen molar-refractivity contribution < 1.29 is 4.79 Å². The summed E-state index contributed by atoms with van der Waals surface area (Å²) in [6.07, 6.45) is 1.49. The number of carbonyl (C=O) groups is 1. The molecule has 1 amide bonds. The second kappa shape index (κ2) is 5.45. The lowest BCUT2D eigenvalue weighted by molar-refractivity contribution is 0.102. The van der Waals surface area contributed by atoms with Crippen molar-refractivity contribution >= 4 is 17.4 Å². The Kier molecular flexibility index (Phi) is 3.72. The van der Waals surface area contributed by atoms with Gasteiger partial charge in [-0.05, 0) is 43.7 Å². The van der Waals surface area contributed by atoms with E-state index < -0.39 is 0 Å². The maximum absolute atomic E-state index is 12.0. The highest BCUT2D eigenvalue weighted by Crippen LogP contribution is 2.11. The summed E-state index contributed by atoms with van der Waals surface area (Å²) in [5, 5.41) is 2.71. The van der Waals surface area contributed by atoms with Crippen molar-refractivity contribution in [3.8, 4) is 0 Å². The van der Waals surface area contributed by atoms with E-state index in [0.29, 0.717) is 17.2 Å². The topological polar surface area (TPSA) is 92.9 Å². The van der Waals surface area contributed by atoms with Gasteiger partial charge in [0.2, 0.25) is 0 Å². The van der Waals surface area contributed by atoms with Crippen LogP contribution >= 0.6 is 0 Å². The number of aryl methyl sites for hydroxylation is 2. The van der Waals surface area contributed by atoms with Crippen LogP contribution in [0.3, 0.4) is 0 Å². The predicted molar refractivity (Wildman–Crippen MR) is 73.7 cm³/mol. The summed E-state index contributed by atoms with van der Waals surface area (Å²) >= 11 is 0. The van der Waals surface area contributed by atoms with Crippen LogP contribution in [-0.4, -0.2) is 15.9 Å². The number of hydrogen-bond acceptors (Lipinski definition) is 5. The molecule has 4 N–H and O–H groups in total. The van der Waals surface area contributed by atoms with Crippen LogP contribution in [0.25, 0.3) is 0 Å². The van der Waals surface area contributed by atoms with E-state index in [4.69, 9.17) is 5.84 Å². The van der Waals surface area contributed by atoms with E-state index in [0.717, 1.165) is 11.3 Å². The van der Waals surface area contributed by atoms with E-state index in [-0.39, 0.29) is 5.91 Å². The molecule has 0 aromatic carbocycles. The van der Waals surface area contributed by atoms with Crippen molar-refractivity contribution in [3.63, 3.8) is 0 Å². The van der Waals surface area contributed by atoms with Gasteiger partial charge in [-0.3, -0.25) is 10.6 Å². The van der Waals surface area contributed by atoms with E-state index in [9.17, 15) is 4.79 Å². The van der Waals surface area contributed by atoms with E-state index in [1.54, 1.807) is 18.2 Å². The summed E-state index contributed by atoms with van der Waals surface area (Å²) < 4.78 is 0. The molecule has 0 aliphatic rings. The molecule has 2 heterocycles. The van der Waals surface area contributed by atoms with Crippen molar-refractivity contribution in [1.29, 1.82) is 0 Å². The molecule has 0 bridgehead atoms. The fraction of sp³-hybridized carbons (Fsp3) is 0.154. The standard InChI is InChI=1S/C13H15N5O/c1-8-5-9(2)16-12(6-8)17-13(19)11-4-3-10(18-14)7-15-11/h3-7,18H,14H2,1-2H3,(H,16,17,19). The molecule has 0 fully saturated rings. The molecule has 0 saturated heterocycles. The number of pyridine rings is 2. The molecular weight excluding hydrogens is 242 g/mol. The first-order chi connectivity index (χ1) is 9.08. The number of amides is 1. The number of aromatic nitrogens is 2. The maximum Gasteiger partial charge on any atom is 0.275 e. The van der Waals surface area contributed by atoms with Crippen molar-refractivity contribution in [3.05, 3.63) is 47.4 Å².